The summed E-state index contributed by atoms with van der Waals surface area (Å²) in [6, 6.07) is 0.602. The molecule has 3 unspecified atom stereocenters. The van der Waals surface area contributed by atoms with Gasteiger partial charge in [0.15, 0.2) is 5.11 Å². The van der Waals surface area contributed by atoms with E-state index in [1.165, 1.54) is 25.7 Å². The highest BCUT2D eigenvalue weighted by Crippen LogP contribution is 2.44. The lowest BCUT2D eigenvalue weighted by Gasteiger charge is -2.23. The zero-order valence-corrected chi connectivity index (χ0v) is 7.86. The van der Waals surface area contributed by atoms with Gasteiger partial charge in [0.05, 0.1) is 0 Å². The van der Waals surface area contributed by atoms with Crippen LogP contribution in [-0.4, -0.2) is 11.2 Å². The Morgan fingerprint density at radius 2 is 2.17 bits per heavy atom. The number of hydrogen-bond acceptors (Lipinski definition) is 2. The van der Waals surface area contributed by atoms with Crippen LogP contribution in [0, 0.1) is 11.8 Å². The molecule has 68 valence electrons. The van der Waals surface area contributed by atoms with E-state index in [0.29, 0.717) is 11.2 Å². The molecule has 2 saturated carbocycles. The fraction of sp³-hybridized carbons (Fsp3) is 0.875. The van der Waals surface area contributed by atoms with Gasteiger partial charge in [-0.15, -0.1) is 0 Å². The van der Waals surface area contributed by atoms with E-state index < -0.39 is 0 Å². The molecule has 2 rings (SSSR count). The Bertz CT molecular complexity index is 195. The maximum atomic E-state index is 5.33. The van der Waals surface area contributed by atoms with E-state index in [2.05, 4.69) is 10.9 Å². The normalized spacial score (nSPS) is 38.5. The second kappa shape index (κ2) is 3.18. The number of nitrogens with one attached hydrogen (secondary N) is 2. The van der Waals surface area contributed by atoms with E-state index in [4.69, 9.17) is 18.0 Å². The molecule has 4 N–H and O–H groups in total. The maximum Gasteiger partial charge on any atom is 0.178 e. The second-order valence-electron chi connectivity index (χ2n) is 3.91. The van der Waals surface area contributed by atoms with Gasteiger partial charge in [-0.25, -0.2) is 5.43 Å². The van der Waals surface area contributed by atoms with Crippen molar-refractivity contribution in [1.29, 1.82) is 0 Å². The van der Waals surface area contributed by atoms with Crippen molar-refractivity contribution in [2.24, 2.45) is 17.6 Å². The Morgan fingerprint density at radius 1 is 1.33 bits per heavy atom. The van der Waals surface area contributed by atoms with Crippen molar-refractivity contribution in [1.82, 2.24) is 10.9 Å². The molecule has 0 amide bonds. The van der Waals surface area contributed by atoms with Crippen LogP contribution in [0.5, 0.6) is 0 Å². The second-order valence-corrected chi connectivity index (χ2v) is 4.35. The van der Waals surface area contributed by atoms with Crippen LogP contribution < -0.4 is 16.6 Å². The molecule has 0 aliphatic heterocycles. The fourth-order valence-corrected chi connectivity index (χ4v) is 2.64. The van der Waals surface area contributed by atoms with Gasteiger partial charge in [0.25, 0.3) is 0 Å². The highest BCUT2D eigenvalue weighted by molar-refractivity contribution is 7.80. The van der Waals surface area contributed by atoms with Gasteiger partial charge >= 0.3 is 0 Å². The highest BCUT2D eigenvalue weighted by Gasteiger charge is 2.39. The van der Waals surface area contributed by atoms with Crippen LogP contribution in [-0.2, 0) is 0 Å². The molecule has 2 bridgehead atoms. The Labute approximate surface area is 78.1 Å². The zero-order valence-electron chi connectivity index (χ0n) is 7.05. The van der Waals surface area contributed by atoms with Gasteiger partial charge in [-0.3, -0.25) is 5.43 Å². The predicted octanol–water partition coefficient (Wildman–Crippen LogP) is 0.513. The average Bonchev–Trinajstić information content (AvgIpc) is 2.60. The molecule has 0 aromatic carbocycles. The largest absolute Gasteiger partial charge is 0.375 e. The number of hydrogen-bond donors (Lipinski definition) is 3. The first-order valence-corrected chi connectivity index (χ1v) is 4.97. The van der Waals surface area contributed by atoms with Gasteiger partial charge in [-0.05, 0) is 43.3 Å². The summed E-state index contributed by atoms with van der Waals surface area (Å²) in [6.07, 6.45) is 5.49. The Morgan fingerprint density at radius 3 is 2.67 bits per heavy atom. The summed E-state index contributed by atoms with van der Waals surface area (Å²) in [5.41, 5.74) is 11.4. The smallest absolute Gasteiger partial charge is 0.178 e. The molecule has 0 heterocycles. The molecule has 12 heavy (non-hydrogen) atoms. The number of thiocarbonyl (C=S) groups is 1. The molecule has 0 radical (unpaired) electrons. The molecule has 2 aliphatic carbocycles. The minimum absolute atomic E-state index is 0.345. The van der Waals surface area contributed by atoms with Crippen LogP contribution in [0.15, 0.2) is 0 Å². The lowest BCUT2D eigenvalue weighted by atomic mass is 9.96. The zero-order chi connectivity index (χ0) is 8.55. The number of nitrogens with two attached hydrogens (primary N) is 1. The minimum atomic E-state index is 0.345. The van der Waals surface area contributed by atoms with Crippen molar-refractivity contribution in [2.45, 2.75) is 31.7 Å². The Hall–Kier alpha value is -0.350. The van der Waals surface area contributed by atoms with Gasteiger partial charge in [0.1, 0.15) is 0 Å². The summed E-state index contributed by atoms with van der Waals surface area (Å²) in [4.78, 5) is 0. The van der Waals surface area contributed by atoms with Gasteiger partial charge in [0.2, 0.25) is 0 Å². The SMILES string of the molecule is NC(=S)NNC1CC2CCC1C2. The molecule has 3 nitrogen and oxygen atoms in total. The third kappa shape index (κ3) is 1.54. The standard InChI is InChI=1S/C8H15N3S/c9-8(12)11-10-7-4-5-1-2-6(7)3-5/h5-7,10H,1-4H2,(H3,9,11,12). The van der Waals surface area contributed by atoms with E-state index in [-0.39, 0.29) is 0 Å². The third-order valence-electron chi connectivity index (χ3n) is 3.12. The van der Waals surface area contributed by atoms with Crippen LogP contribution in [0.25, 0.3) is 0 Å². The van der Waals surface area contributed by atoms with E-state index >= 15 is 0 Å². The minimum Gasteiger partial charge on any atom is -0.375 e. The van der Waals surface area contributed by atoms with Crippen molar-refractivity contribution in [3.63, 3.8) is 0 Å². The lowest BCUT2D eigenvalue weighted by Crippen LogP contribution is -2.48. The predicted molar refractivity (Wildman–Crippen MR) is 52.3 cm³/mol. The van der Waals surface area contributed by atoms with Crippen LogP contribution >= 0.6 is 12.2 Å². The van der Waals surface area contributed by atoms with E-state index in [0.717, 1.165) is 11.8 Å². The molecular weight excluding hydrogens is 170 g/mol. The number of hydrazine groups is 1. The Kier molecular flexibility index (Phi) is 2.19. The van der Waals surface area contributed by atoms with E-state index in [9.17, 15) is 0 Å². The quantitative estimate of drug-likeness (QED) is 0.433. The highest BCUT2D eigenvalue weighted by atomic mass is 32.1. The maximum absolute atomic E-state index is 5.33. The molecular formula is C8H15N3S. The van der Waals surface area contributed by atoms with Crippen LogP contribution in [0.4, 0.5) is 0 Å². The van der Waals surface area contributed by atoms with Gasteiger partial charge in [0, 0.05) is 6.04 Å². The van der Waals surface area contributed by atoms with Crippen molar-refractivity contribution < 1.29 is 0 Å². The van der Waals surface area contributed by atoms with Crippen LogP contribution in [0.1, 0.15) is 25.7 Å². The monoisotopic (exact) mass is 185 g/mol. The molecule has 4 heteroatoms. The topological polar surface area (TPSA) is 50.1 Å². The van der Waals surface area contributed by atoms with Crippen LogP contribution in [0.2, 0.25) is 0 Å². The van der Waals surface area contributed by atoms with E-state index in [1.54, 1.807) is 0 Å². The van der Waals surface area contributed by atoms with Crippen molar-refractivity contribution in [2.75, 3.05) is 0 Å². The van der Waals surface area contributed by atoms with Gasteiger partial charge in [-0.1, -0.05) is 6.42 Å². The van der Waals surface area contributed by atoms with E-state index in [1.807, 2.05) is 0 Å². The van der Waals surface area contributed by atoms with Crippen molar-refractivity contribution in [3.05, 3.63) is 0 Å². The van der Waals surface area contributed by atoms with Crippen LogP contribution in [0.3, 0.4) is 0 Å². The average molecular weight is 185 g/mol. The van der Waals surface area contributed by atoms with Gasteiger partial charge < -0.3 is 5.73 Å². The molecule has 2 fully saturated rings. The first-order valence-electron chi connectivity index (χ1n) is 4.56. The molecule has 0 spiro atoms. The summed E-state index contributed by atoms with van der Waals surface area (Å²) in [5, 5.41) is 0.345. The summed E-state index contributed by atoms with van der Waals surface area (Å²) in [5.74, 6) is 1.82. The van der Waals surface area contributed by atoms with Crippen molar-refractivity contribution in [3.8, 4) is 0 Å². The summed E-state index contributed by atoms with van der Waals surface area (Å²) >= 11 is 4.72. The molecule has 2 aliphatic rings. The first-order chi connectivity index (χ1) is 5.75. The number of rotatable bonds is 2. The van der Waals surface area contributed by atoms with Gasteiger partial charge in [-0.2, -0.15) is 0 Å². The third-order valence-corrected chi connectivity index (χ3v) is 3.22. The first kappa shape index (κ1) is 8.26. The van der Waals surface area contributed by atoms with Crippen molar-refractivity contribution >= 4 is 17.3 Å². The number of fused-ring (bicyclic) bond motifs is 2. The molecule has 0 aromatic rings. The summed E-state index contributed by atoms with van der Waals surface area (Å²) in [6.45, 7) is 0. The Balaban J connectivity index is 1.79. The summed E-state index contributed by atoms with van der Waals surface area (Å²) < 4.78 is 0. The molecule has 0 aromatic heterocycles. The lowest BCUT2D eigenvalue weighted by molar-refractivity contribution is 0.340. The summed E-state index contributed by atoms with van der Waals surface area (Å²) in [7, 11) is 0. The molecule has 3 atom stereocenters. The molecule has 0 saturated heterocycles. The fourth-order valence-electron chi connectivity index (χ4n) is 2.59.